The van der Waals surface area contributed by atoms with Crippen molar-refractivity contribution in [3.05, 3.63) is 42.0 Å². The lowest BCUT2D eigenvalue weighted by molar-refractivity contribution is -0.144. The van der Waals surface area contributed by atoms with Crippen LogP contribution < -0.4 is 5.73 Å². The predicted octanol–water partition coefficient (Wildman–Crippen LogP) is 3.03. The molecule has 0 radical (unpaired) electrons. The minimum atomic E-state index is -0.368. The van der Waals surface area contributed by atoms with E-state index in [4.69, 9.17) is 15.2 Å². The van der Waals surface area contributed by atoms with Crippen molar-refractivity contribution in [2.45, 2.75) is 39.0 Å². The number of esters is 2. The number of carbonyl (C=O) groups excluding carboxylic acids is 2. The minimum Gasteiger partial charge on any atom is -0.465 e. The van der Waals surface area contributed by atoms with Gasteiger partial charge in [0.15, 0.2) is 0 Å². The van der Waals surface area contributed by atoms with Gasteiger partial charge in [-0.15, -0.1) is 0 Å². The summed E-state index contributed by atoms with van der Waals surface area (Å²) in [5.41, 5.74) is 7.82. The highest BCUT2D eigenvalue weighted by Crippen LogP contribution is 2.07. The Morgan fingerprint density at radius 1 is 1.04 bits per heavy atom. The summed E-state index contributed by atoms with van der Waals surface area (Å²) < 4.78 is 10.2. The molecule has 0 fully saturated rings. The molecule has 5 nitrogen and oxygen atoms in total. The van der Waals surface area contributed by atoms with Crippen LogP contribution in [0.3, 0.4) is 0 Å². The molecule has 1 rings (SSSR count). The van der Waals surface area contributed by atoms with Gasteiger partial charge in [-0.25, -0.2) is 4.79 Å². The highest BCUT2D eigenvalue weighted by Gasteiger charge is 2.05. The van der Waals surface area contributed by atoms with Crippen molar-refractivity contribution < 1.29 is 19.1 Å². The van der Waals surface area contributed by atoms with Gasteiger partial charge in [0.1, 0.15) is 0 Å². The van der Waals surface area contributed by atoms with E-state index < -0.39 is 0 Å². The fraction of sp³-hybridized carbons (Fsp3) is 0.444. The monoisotopic (exact) mass is 319 g/mol. The fourth-order valence-electron chi connectivity index (χ4n) is 1.88. The zero-order valence-corrected chi connectivity index (χ0v) is 13.7. The molecule has 0 saturated carbocycles. The van der Waals surface area contributed by atoms with Crippen LogP contribution in [0.5, 0.6) is 0 Å². The molecule has 0 amide bonds. The zero-order valence-electron chi connectivity index (χ0n) is 13.7. The molecule has 0 aliphatic rings. The Morgan fingerprint density at radius 2 is 1.74 bits per heavy atom. The Hall–Kier alpha value is -2.30. The topological polar surface area (TPSA) is 78.6 Å². The van der Waals surface area contributed by atoms with Crippen LogP contribution in [0.25, 0.3) is 0 Å². The van der Waals surface area contributed by atoms with E-state index in [2.05, 4.69) is 6.58 Å². The van der Waals surface area contributed by atoms with Gasteiger partial charge in [-0.05, 0) is 43.9 Å². The number of unbranched alkanes of at least 4 members (excludes halogenated alkanes) is 2. The number of carbonyl (C=O) groups is 2. The van der Waals surface area contributed by atoms with E-state index in [1.165, 1.54) is 0 Å². The predicted molar refractivity (Wildman–Crippen MR) is 89.8 cm³/mol. The van der Waals surface area contributed by atoms with Crippen LogP contribution in [0.2, 0.25) is 0 Å². The van der Waals surface area contributed by atoms with Gasteiger partial charge >= 0.3 is 11.9 Å². The third kappa shape index (κ3) is 8.66. The number of hydrogen-bond donors (Lipinski definition) is 1. The molecule has 0 bridgehead atoms. The van der Waals surface area contributed by atoms with Gasteiger partial charge < -0.3 is 15.2 Å². The van der Waals surface area contributed by atoms with Crippen LogP contribution in [0.4, 0.5) is 5.69 Å². The molecular weight excluding hydrogens is 294 g/mol. The van der Waals surface area contributed by atoms with Gasteiger partial charge in [0.2, 0.25) is 0 Å². The van der Waals surface area contributed by atoms with Crippen LogP contribution in [0.15, 0.2) is 36.4 Å². The summed E-state index contributed by atoms with van der Waals surface area (Å²) >= 11 is 0. The van der Waals surface area contributed by atoms with Crippen LogP contribution >= 0.6 is 0 Å². The first-order valence-corrected chi connectivity index (χ1v) is 7.81. The maximum Gasteiger partial charge on any atom is 0.333 e. The molecule has 1 aromatic rings. The van der Waals surface area contributed by atoms with Crippen molar-refractivity contribution in [2.24, 2.45) is 0 Å². The van der Waals surface area contributed by atoms with Gasteiger partial charge in [0.05, 0.1) is 13.2 Å². The lowest BCUT2D eigenvalue weighted by atomic mass is 10.1. The SMILES string of the molecule is C=C(C)C(=O)OCCCCCC(=O)OCCc1ccc(N)cc1. The molecule has 0 aliphatic carbocycles. The Balaban J connectivity index is 2.01. The van der Waals surface area contributed by atoms with Crippen LogP contribution in [-0.4, -0.2) is 25.2 Å². The van der Waals surface area contributed by atoms with Crippen molar-refractivity contribution in [3.63, 3.8) is 0 Å². The van der Waals surface area contributed by atoms with Gasteiger partial charge in [-0.3, -0.25) is 4.79 Å². The van der Waals surface area contributed by atoms with E-state index in [0.717, 1.165) is 30.5 Å². The molecule has 0 atom stereocenters. The molecule has 0 aliphatic heterocycles. The number of hydrogen-bond acceptors (Lipinski definition) is 5. The first-order chi connectivity index (χ1) is 11.0. The van der Waals surface area contributed by atoms with Gasteiger partial charge in [0.25, 0.3) is 0 Å². The minimum absolute atomic E-state index is 0.195. The first-order valence-electron chi connectivity index (χ1n) is 7.81. The number of benzene rings is 1. The molecule has 0 spiro atoms. The van der Waals surface area contributed by atoms with Crippen molar-refractivity contribution in [2.75, 3.05) is 18.9 Å². The number of ether oxygens (including phenoxy) is 2. The van der Waals surface area contributed by atoms with E-state index in [-0.39, 0.29) is 11.9 Å². The summed E-state index contributed by atoms with van der Waals surface area (Å²) in [7, 11) is 0. The second-order valence-electron chi connectivity index (χ2n) is 5.44. The second kappa shape index (κ2) is 10.4. The molecule has 2 N–H and O–H groups in total. The molecule has 0 unspecified atom stereocenters. The number of nitrogen functional groups attached to an aromatic ring is 1. The number of nitrogens with two attached hydrogens (primary N) is 1. The third-order valence-corrected chi connectivity index (χ3v) is 3.24. The Bertz CT molecular complexity index is 522. The summed E-state index contributed by atoms with van der Waals surface area (Å²) in [4.78, 5) is 22.7. The van der Waals surface area contributed by atoms with Gasteiger partial charge in [0, 0.05) is 24.1 Å². The van der Waals surface area contributed by atoms with Crippen LogP contribution in [-0.2, 0) is 25.5 Å². The maximum atomic E-state index is 11.6. The Morgan fingerprint density at radius 3 is 2.39 bits per heavy atom. The number of rotatable bonds is 10. The van der Waals surface area contributed by atoms with Gasteiger partial charge in [-0.1, -0.05) is 18.7 Å². The standard InChI is InChI=1S/C18H25NO4/c1-14(2)18(21)23-12-5-3-4-6-17(20)22-13-11-15-7-9-16(19)10-8-15/h7-10H,1,3-6,11-13,19H2,2H3. The Labute approximate surface area is 137 Å². The Kier molecular flexibility index (Phi) is 8.50. The van der Waals surface area contributed by atoms with E-state index in [1.807, 2.05) is 24.3 Å². The quantitative estimate of drug-likeness (QED) is 0.310. The zero-order chi connectivity index (χ0) is 17.1. The van der Waals surface area contributed by atoms with E-state index in [9.17, 15) is 9.59 Å². The average Bonchev–Trinajstić information content (AvgIpc) is 2.52. The first kappa shape index (κ1) is 18.7. The van der Waals surface area contributed by atoms with Crippen molar-refractivity contribution >= 4 is 17.6 Å². The molecule has 0 heterocycles. The fourth-order valence-corrected chi connectivity index (χ4v) is 1.88. The summed E-state index contributed by atoms with van der Waals surface area (Å²) in [5.74, 6) is -0.563. The average molecular weight is 319 g/mol. The van der Waals surface area contributed by atoms with Crippen LogP contribution in [0.1, 0.15) is 38.2 Å². The van der Waals surface area contributed by atoms with E-state index >= 15 is 0 Å². The highest BCUT2D eigenvalue weighted by atomic mass is 16.5. The summed E-state index contributed by atoms with van der Waals surface area (Å²) in [6.07, 6.45) is 3.35. The summed E-state index contributed by atoms with van der Waals surface area (Å²) in [6.45, 7) is 5.85. The summed E-state index contributed by atoms with van der Waals surface area (Å²) in [5, 5.41) is 0. The lowest BCUT2D eigenvalue weighted by Crippen LogP contribution is -2.08. The largest absolute Gasteiger partial charge is 0.465 e. The highest BCUT2D eigenvalue weighted by molar-refractivity contribution is 5.86. The van der Waals surface area contributed by atoms with Crippen molar-refractivity contribution in [1.82, 2.24) is 0 Å². The summed E-state index contributed by atoms with van der Waals surface area (Å²) in [6, 6.07) is 7.51. The second-order valence-corrected chi connectivity index (χ2v) is 5.44. The molecule has 0 aromatic heterocycles. The maximum absolute atomic E-state index is 11.6. The molecule has 0 saturated heterocycles. The molecular formula is C18H25NO4. The molecule has 23 heavy (non-hydrogen) atoms. The lowest BCUT2D eigenvalue weighted by Gasteiger charge is -2.06. The van der Waals surface area contributed by atoms with Crippen molar-refractivity contribution in [3.8, 4) is 0 Å². The normalized spacial score (nSPS) is 10.1. The molecule has 126 valence electrons. The van der Waals surface area contributed by atoms with Crippen molar-refractivity contribution in [1.29, 1.82) is 0 Å². The van der Waals surface area contributed by atoms with Crippen LogP contribution in [0, 0.1) is 0 Å². The third-order valence-electron chi connectivity index (χ3n) is 3.24. The van der Waals surface area contributed by atoms with Gasteiger partial charge in [-0.2, -0.15) is 0 Å². The molecule has 1 aromatic carbocycles. The van der Waals surface area contributed by atoms with E-state index in [1.54, 1.807) is 6.92 Å². The molecule has 5 heteroatoms. The number of anilines is 1. The van der Waals surface area contributed by atoms with E-state index in [0.29, 0.717) is 31.6 Å². The smallest absolute Gasteiger partial charge is 0.333 e.